The van der Waals surface area contributed by atoms with E-state index in [4.69, 9.17) is 4.74 Å². The first-order valence-corrected chi connectivity index (χ1v) is 9.88. The summed E-state index contributed by atoms with van der Waals surface area (Å²) in [5, 5.41) is 0. The largest absolute Gasteiger partial charge is 0.486 e. The SMILES string of the molecule is C=CC1CCC(C2CC=C(COc3c(C)cc(C)c(F)c3F)CC2)CC1. The van der Waals surface area contributed by atoms with Crippen LogP contribution in [0.1, 0.15) is 56.1 Å². The van der Waals surface area contributed by atoms with Gasteiger partial charge in [0, 0.05) is 0 Å². The highest BCUT2D eigenvalue weighted by Gasteiger charge is 2.28. The van der Waals surface area contributed by atoms with Crippen LogP contribution >= 0.6 is 0 Å². The number of allylic oxidation sites excluding steroid dienone is 2. The first-order chi connectivity index (χ1) is 12.5. The van der Waals surface area contributed by atoms with Gasteiger partial charge in [0.1, 0.15) is 6.61 Å². The van der Waals surface area contributed by atoms with Crippen molar-refractivity contribution in [3.63, 3.8) is 0 Å². The van der Waals surface area contributed by atoms with E-state index >= 15 is 0 Å². The van der Waals surface area contributed by atoms with Crippen molar-refractivity contribution in [3.05, 3.63) is 53.1 Å². The van der Waals surface area contributed by atoms with Gasteiger partial charge >= 0.3 is 0 Å². The van der Waals surface area contributed by atoms with Gasteiger partial charge in [-0.1, -0.05) is 12.2 Å². The molecule has 0 heterocycles. The minimum atomic E-state index is -0.865. The van der Waals surface area contributed by atoms with Crippen LogP contribution in [-0.4, -0.2) is 6.61 Å². The lowest BCUT2D eigenvalue weighted by Gasteiger charge is -2.34. The van der Waals surface area contributed by atoms with Gasteiger partial charge in [-0.25, -0.2) is 4.39 Å². The van der Waals surface area contributed by atoms with E-state index in [0.717, 1.165) is 24.7 Å². The summed E-state index contributed by atoms with van der Waals surface area (Å²) in [7, 11) is 0. The molecule has 0 spiro atoms. The highest BCUT2D eigenvalue weighted by molar-refractivity contribution is 5.38. The van der Waals surface area contributed by atoms with Crippen LogP contribution in [0.2, 0.25) is 0 Å². The fourth-order valence-electron chi connectivity index (χ4n) is 4.56. The van der Waals surface area contributed by atoms with Crippen LogP contribution in [0.5, 0.6) is 5.75 Å². The molecule has 0 saturated heterocycles. The lowest BCUT2D eigenvalue weighted by Crippen LogP contribution is -2.23. The van der Waals surface area contributed by atoms with Crippen LogP contribution in [0.4, 0.5) is 8.78 Å². The maximum atomic E-state index is 14.1. The Morgan fingerprint density at radius 3 is 2.38 bits per heavy atom. The molecule has 1 saturated carbocycles. The highest BCUT2D eigenvalue weighted by atomic mass is 19.2. The normalized spacial score (nSPS) is 26.3. The zero-order valence-electron chi connectivity index (χ0n) is 16.0. The Kier molecular flexibility index (Phi) is 6.16. The molecule has 1 nitrogen and oxygen atoms in total. The van der Waals surface area contributed by atoms with Gasteiger partial charge in [-0.2, -0.15) is 4.39 Å². The fourth-order valence-corrected chi connectivity index (χ4v) is 4.56. The van der Waals surface area contributed by atoms with Gasteiger partial charge in [-0.05, 0) is 99.3 Å². The summed E-state index contributed by atoms with van der Waals surface area (Å²) in [6.45, 7) is 7.61. The molecule has 3 heteroatoms. The van der Waals surface area contributed by atoms with Crippen molar-refractivity contribution in [2.75, 3.05) is 6.61 Å². The minimum Gasteiger partial charge on any atom is -0.486 e. The molecule has 0 aromatic heterocycles. The number of ether oxygens (including phenoxy) is 1. The molecule has 1 fully saturated rings. The number of aryl methyl sites for hydroxylation is 2. The molecule has 1 aromatic rings. The molecular weight excluding hydrogens is 330 g/mol. The number of benzene rings is 1. The monoisotopic (exact) mass is 360 g/mol. The van der Waals surface area contributed by atoms with Gasteiger partial charge in [0.15, 0.2) is 11.6 Å². The molecule has 1 atom stereocenters. The Labute approximate surface area is 156 Å². The van der Waals surface area contributed by atoms with E-state index < -0.39 is 11.6 Å². The number of rotatable bonds is 5. The maximum Gasteiger partial charge on any atom is 0.201 e. The van der Waals surface area contributed by atoms with E-state index in [-0.39, 0.29) is 5.75 Å². The Bertz CT molecular complexity index is 684. The summed E-state index contributed by atoms with van der Waals surface area (Å²) < 4.78 is 33.5. The van der Waals surface area contributed by atoms with E-state index in [2.05, 4.69) is 18.7 Å². The molecular formula is C23H30F2O. The fraction of sp³-hybridized carbons (Fsp3) is 0.565. The number of hydrogen-bond donors (Lipinski definition) is 0. The van der Waals surface area contributed by atoms with Gasteiger partial charge in [0.25, 0.3) is 0 Å². The quantitative estimate of drug-likeness (QED) is 0.532. The first kappa shape index (κ1) is 19.1. The molecule has 0 amide bonds. The molecule has 2 aliphatic carbocycles. The molecule has 26 heavy (non-hydrogen) atoms. The summed E-state index contributed by atoms with van der Waals surface area (Å²) in [6, 6.07) is 1.64. The molecule has 0 bridgehead atoms. The average molecular weight is 360 g/mol. The second kappa shape index (κ2) is 8.37. The molecule has 2 aliphatic rings. The van der Waals surface area contributed by atoms with Gasteiger partial charge in [-0.3, -0.25) is 0 Å². The van der Waals surface area contributed by atoms with Gasteiger partial charge in [0.2, 0.25) is 5.82 Å². The number of hydrogen-bond acceptors (Lipinski definition) is 1. The van der Waals surface area contributed by atoms with E-state index in [1.165, 1.54) is 37.7 Å². The molecule has 0 N–H and O–H groups in total. The van der Waals surface area contributed by atoms with Crippen molar-refractivity contribution in [1.82, 2.24) is 0 Å². The Morgan fingerprint density at radius 1 is 1.04 bits per heavy atom. The van der Waals surface area contributed by atoms with E-state index in [1.54, 1.807) is 19.9 Å². The maximum absolute atomic E-state index is 14.1. The second-order valence-corrected chi connectivity index (χ2v) is 8.06. The molecule has 3 rings (SSSR count). The predicted octanol–water partition coefficient (Wildman–Crippen LogP) is 6.68. The first-order valence-electron chi connectivity index (χ1n) is 9.88. The summed E-state index contributed by atoms with van der Waals surface area (Å²) >= 11 is 0. The summed E-state index contributed by atoms with van der Waals surface area (Å²) in [6.07, 6.45) is 12.8. The summed E-state index contributed by atoms with van der Waals surface area (Å²) in [4.78, 5) is 0. The highest BCUT2D eigenvalue weighted by Crippen LogP contribution is 2.40. The standard InChI is InChI=1S/C23H30F2O/c1-4-17-5-9-19(10-6-17)20-11-7-18(8-12-20)14-26-23-16(3)13-15(2)21(24)22(23)25/h4,7,13,17,19-20H,1,5-6,8-12,14H2,2-3H3. The van der Waals surface area contributed by atoms with Crippen LogP contribution in [0.3, 0.4) is 0 Å². The summed E-state index contributed by atoms with van der Waals surface area (Å²) in [5.74, 6) is 0.686. The van der Waals surface area contributed by atoms with Crippen LogP contribution < -0.4 is 4.74 Å². The Balaban J connectivity index is 1.54. The van der Waals surface area contributed by atoms with Crippen molar-refractivity contribution in [3.8, 4) is 5.75 Å². The summed E-state index contributed by atoms with van der Waals surface area (Å²) in [5.41, 5.74) is 2.17. The van der Waals surface area contributed by atoms with Crippen molar-refractivity contribution in [2.24, 2.45) is 17.8 Å². The Hall–Kier alpha value is -1.64. The third-order valence-electron chi connectivity index (χ3n) is 6.29. The van der Waals surface area contributed by atoms with Crippen molar-refractivity contribution < 1.29 is 13.5 Å². The van der Waals surface area contributed by atoms with Crippen molar-refractivity contribution in [1.29, 1.82) is 0 Å². The van der Waals surface area contributed by atoms with Crippen LogP contribution in [0.25, 0.3) is 0 Å². The van der Waals surface area contributed by atoms with Crippen molar-refractivity contribution >= 4 is 0 Å². The third kappa shape index (κ3) is 4.19. The second-order valence-electron chi connectivity index (χ2n) is 8.06. The van der Waals surface area contributed by atoms with E-state index in [0.29, 0.717) is 23.7 Å². The number of halogens is 2. The third-order valence-corrected chi connectivity index (χ3v) is 6.29. The van der Waals surface area contributed by atoms with Gasteiger partial charge in [0.05, 0.1) is 0 Å². The zero-order valence-corrected chi connectivity index (χ0v) is 16.0. The van der Waals surface area contributed by atoms with Gasteiger partial charge in [-0.15, -0.1) is 6.58 Å². The lowest BCUT2D eigenvalue weighted by molar-refractivity contribution is 0.206. The van der Waals surface area contributed by atoms with Crippen LogP contribution in [-0.2, 0) is 0 Å². The van der Waals surface area contributed by atoms with E-state index in [1.807, 2.05) is 0 Å². The molecule has 1 aromatic carbocycles. The molecule has 142 valence electrons. The minimum absolute atomic E-state index is 0.0545. The molecule has 0 aliphatic heterocycles. The predicted molar refractivity (Wildman–Crippen MR) is 102 cm³/mol. The van der Waals surface area contributed by atoms with Gasteiger partial charge < -0.3 is 4.74 Å². The van der Waals surface area contributed by atoms with Crippen LogP contribution in [0, 0.1) is 43.2 Å². The van der Waals surface area contributed by atoms with Crippen LogP contribution in [0.15, 0.2) is 30.4 Å². The van der Waals surface area contributed by atoms with Crippen molar-refractivity contribution in [2.45, 2.75) is 58.8 Å². The lowest BCUT2D eigenvalue weighted by atomic mass is 9.71. The molecule has 1 unspecified atom stereocenters. The van der Waals surface area contributed by atoms with E-state index in [9.17, 15) is 8.78 Å². The topological polar surface area (TPSA) is 9.23 Å². The average Bonchev–Trinajstić information content (AvgIpc) is 2.67. The molecule has 0 radical (unpaired) electrons. The Morgan fingerprint density at radius 2 is 1.77 bits per heavy atom. The zero-order chi connectivity index (χ0) is 18.7. The smallest absolute Gasteiger partial charge is 0.201 e.